The normalized spacial score (nSPS) is 16.0. The highest BCUT2D eigenvalue weighted by molar-refractivity contribution is 14.0. The molecule has 0 radical (unpaired) electrons. The summed E-state index contributed by atoms with van der Waals surface area (Å²) in [5.74, 6) is 0.648. The van der Waals surface area contributed by atoms with Crippen molar-refractivity contribution >= 4 is 41.5 Å². The number of rotatable bonds is 5. The molecule has 1 aromatic carbocycles. The number of carbonyl (C=O) groups excluding carboxylic acids is 1. The van der Waals surface area contributed by atoms with Gasteiger partial charge in [-0.05, 0) is 12.5 Å². The zero-order chi connectivity index (χ0) is 19.2. The van der Waals surface area contributed by atoms with Gasteiger partial charge in [-0.2, -0.15) is 5.10 Å². The minimum absolute atomic E-state index is 0. The van der Waals surface area contributed by atoms with E-state index in [1.165, 1.54) is 0 Å². The first-order chi connectivity index (χ1) is 13.1. The highest BCUT2D eigenvalue weighted by Gasteiger charge is 2.27. The molecule has 2 aromatic rings. The second kappa shape index (κ2) is 10.4. The fourth-order valence-electron chi connectivity index (χ4n) is 3.05. The van der Waals surface area contributed by atoms with Crippen LogP contribution >= 0.6 is 24.0 Å². The van der Waals surface area contributed by atoms with Crippen molar-refractivity contribution in [1.29, 1.82) is 0 Å². The predicted octanol–water partition coefficient (Wildman–Crippen LogP) is 1.39. The lowest BCUT2D eigenvalue weighted by Gasteiger charge is -2.35. The van der Waals surface area contributed by atoms with Gasteiger partial charge < -0.3 is 20.2 Å². The number of aliphatic imine (C=N–C) groups is 1. The third-order valence-corrected chi connectivity index (χ3v) is 4.46. The largest absolute Gasteiger partial charge is 0.386 e. The van der Waals surface area contributed by atoms with Crippen LogP contribution in [0.1, 0.15) is 18.6 Å². The maximum absolute atomic E-state index is 12.6. The van der Waals surface area contributed by atoms with Crippen LogP contribution in [0, 0.1) is 0 Å². The van der Waals surface area contributed by atoms with Crippen molar-refractivity contribution in [2.75, 3.05) is 37.6 Å². The first-order valence-corrected chi connectivity index (χ1v) is 9.13. The van der Waals surface area contributed by atoms with Gasteiger partial charge in [-0.3, -0.25) is 14.5 Å². The Kier molecular flexibility index (Phi) is 8.24. The summed E-state index contributed by atoms with van der Waals surface area (Å²) in [4.78, 5) is 20.8. The van der Waals surface area contributed by atoms with Gasteiger partial charge >= 0.3 is 0 Å². The second-order valence-corrected chi connectivity index (χ2v) is 6.46. The van der Waals surface area contributed by atoms with E-state index in [0.717, 1.165) is 11.3 Å². The number of hydrogen-bond donors (Lipinski definition) is 2. The van der Waals surface area contributed by atoms with E-state index < -0.39 is 6.10 Å². The fraction of sp³-hybridized carbons (Fsp3) is 0.421. The van der Waals surface area contributed by atoms with Gasteiger partial charge in [-0.25, -0.2) is 0 Å². The van der Waals surface area contributed by atoms with Crippen molar-refractivity contribution in [3.8, 4) is 0 Å². The minimum atomic E-state index is -0.674. The Bertz CT molecular complexity index is 795. The van der Waals surface area contributed by atoms with Crippen LogP contribution in [0.4, 0.5) is 5.69 Å². The van der Waals surface area contributed by atoms with E-state index >= 15 is 0 Å². The number of amides is 1. The molecule has 0 bridgehead atoms. The molecule has 9 heteroatoms. The van der Waals surface area contributed by atoms with Crippen LogP contribution < -0.4 is 10.2 Å². The number of nitrogens with one attached hydrogen (secondary N) is 1. The maximum atomic E-state index is 12.6. The van der Waals surface area contributed by atoms with Gasteiger partial charge in [0, 0.05) is 32.9 Å². The SMILES string of the molecule is CCNC(=NCC(O)c1ccccc1)N1CCN(c2cnn(C)c2)C(=O)C1.I. The Balaban J connectivity index is 0.00000280. The Morgan fingerprint density at radius 3 is 2.68 bits per heavy atom. The molecule has 152 valence electrons. The number of aromatic nitrogens is 2. The molecule has 2 N–H and O–H groups in total. The van der Waals surface area contributed by atoms with Crippen LogP contribution in [0.3, 0.4) is 0 Å². The van der Waals surface area contributed by atoms with Gasteiger partial charge in [0.2, 0.25) is 5.91 Å². The average Bonchev–Trinajstić information content (AvgIpc) is 3.11. The molecule has 8 nitrogen and oxygen atoms in total. The van der Waals surface area contributed by atoms with E-state index in [1.807, 2.05) is 55.4 Å². The Labute approximate surface area is 182 Å². The molecule has 0 aliphatic carbocycles. The van der Waals surface area contributed by atoms with Crippen molar-refractivity contribution < 1.29 is 9.90 Å². The number of nitrogens with zero attached hydrogens (tertiary/aromatic N) is 5. The molecule has 1 unspecified atom stereocenters. The molecule has 1 aromatic heterocycles. The highest BCUT2D eigenvalue weighted by atomic mass is 127. The first-order valence-electron chi connectivity index (χ1n) is 9.13. The number of piperazine rings is 1. The summed E-state index contributed by atoms with van der Waals surface area (Å²) in [5.41, 5.74) is 1.64. The van der Waals surface area contributed by atoms with E-state index in [1.54, 1.807) is 15.8 Å². The fourth-order valence-corrected chi connectivity index (χ4v) is 3.05. The summed E-state index contributed by atoms with van der Waals surface area (Å²) < 4.78 is 1.69. The van der Waals surface area contributed by atoms with Crippen LogP contribution in [0.5, 0.6) is 0 Å². The summed E-state index contributed by atoms with van der Waals surface area (Å²) in [6.45, 7) is 4.38. The number of hydrogen-bond acceptors (Lipinski definition) is 4. The Morgan fingerprint density at radius 1 is 1.32 bits per heavy atom. The van der Waals surface area contributed by atoms with E-state index in [4.69, 9.17) is 0 Å². The summed E-state index contributed by atoms with van der Waals surface area (Å²) >= 11 is 0. The topological polar surface area (TPSA) is 86.0 Å². The van der Waals surface area contributed by atoms with Gasteiger partial charge in [0.05, 0.1) is 24.5 Å². The van der Waals surface area contributed by atoms with Gasteiger partial charge in [0.15, 0.2) is 5.96 Å². The monoisotopic (exact) mass is 498 g/mol. The standard InChI is InChI=1S/C19H26N6O2.HI/c1-3-20-19(21-12-17(26)15-7-5-4-6-8-15)24-9-10-25(18(27)14-24)16-11-22-23(2)13-16;/h4-8,11,13,17,26H,3,9-10,12,14H2,1-2H3,(H,20,21);1H. The van der Waals surface area contributed by atoms with Crippen LogP contribution in [0.15, 0.2) is 47.7 Å². The Morgan fingerprint density at radius 2 is 2.07 bits per heavy atom. The van der Waals surface area contributed by atoms with Crippen LogP contribution in [0.25, 0.3) is 0 Å². The minimum Gasteiger partial charge on any atom is -0.386 e. The number of aryl methyl sites for hydroxylation is 1. The predicted molar refractivity (Wildman–Crippen MR) is 120 cm³/mol. The first kappa shape index (κ1) is 22.2. The van der Waals surface area contributed by atoms with E-state index in [-0.39, 0.29) is 43.0 Å². The number of anilines is 1. The Hall–Kier alpha value is -2.14. The number of halogens is 1. The van der Waals surface area contributed by atoms with E-state index in [2.05, 4.69) is 15.4 Å². The highest BCUT2D eigenvalue weighted by Crippen LogP contribution is 2.17. The number of aliphatic hydroxyl groups excluding tert-OH is 1. The second-order valence-electron chi connectivity index (χ2n) is 6.46. The molecule has 1 aliphatic rings. The van der Waals surface area contributed by atoms with Crippen molar-refractivity contribution in [2.24, 2.45) is 12.0 Å². The van der Waals surface area contributed by atoms with Crippen molar-refractivity contribution in [2.45, 2.75) is 13.0 Å². The molecule has 28 heavy (non-hydrogen) atoms. The average molecular weight is 498 g/mol. The van der Waals surface area contributed by atoms with Gasteiger partial charge in [0.25, 0.3) is 0 Å². The molecule has 0 spiro atoms. The summed E-state index contributed by atoms with van der Waals surface area (Å²) in [6, 6.07) is 9.46. The summed E-state index contributed by atoms with van der Waals surface area (Å²) in [6.07, 6.45) is 2.86. The smallest absolute Gasteiger partial charge is 0.246 e. The zero-order valence-electron chi connectivity index (χ0n) is 16.2. The molecular weight excluding hydrogens is 471 g/mol. The molecule has 1 aliphatic heterocycles. The molecule has 3 rings (SSSR count). The quantitative estimate of drug-likeness (QED) is 0.370. The number of carbonyl (C=O) groups is 1. The third kappa shape index (κ3) is 5.44. The maximum Gasteiger partial charge on any atom is 0.246 e. The molecule has 1 fully saturated rings. The van der Waals surface area contributed by atoms with Crippen LogP contribution in [-0.4, -0.2) is 64.4 Å². The molecular formula is C19H27IN6O2. The van der Waals surface area contributed by atoms with Gasteiger partial charge in [-0.15, -0.1) is 24.0 Å². The molecule has 1 atom stereocenters. The van der Waals surface area contributed by atoms with Crippen LogP contribution in [-0.2, 0) is 11.8 Å². The van der Waals surface area contributed by atoms with Gasteiger partial charge in [-0.1, -0.05) is 30.3 Å². The van der Waals surface area contributed by atoms with Gasteiger partial charge in [0.1, 0.15) is 6.54 Å². The number of aliphatic hydroxyl groups is 1. The lowest BCUT2D eigenvalue weighted by molar-refractivity contribution is -0.120. The lowest BCUT2D eigenvalue weighted by atomic mass is 10.1. The van der Waals surface area contributed by atoms with Crippen molar-refractivity contribution in [1.82, 2.24) is 20.0 Å². The molecule has 2 heterocycles. The molecule has 1 amide bonds. The lowest BCUT2D eigenvalue weighted by Crippen LogP contribution is -2.55. The zero-order valence-corrected chi connectivity index (χ0v) is 18.5. The summed E-state index contributed by atoms with van der Waals surface area (Å²) in [7, 11) is 1.83. The number of benzene rings is 1. The third-order valence-electron chi connectivity index (χ3n) is 4.46. The van der Waals surface area contributed by atoms with Crippen molar-refractivity contribution in [3.63, 3.8) is 0 Å². The van der Waals surface area contributed by atoms with Crippen molar-refractivity contribution in [3.05, 3.63) is 48.3 Å². The van der Waals surface area contributed by atoms with E-state index in [9.17, 15) is 9.90 Å². The summed E-state index contributed by atoms with van der Waals surface area (Å²) in [5, 5.41) is 17.7. The van der Waals surface area contributed by atoms with Crippen LogP contribution in [0.2, 0.25) is 0 Å². The number of guanidine groups is 1. The molecule has 0 saturated carbocycles. The molecule has 1 saturated heterocycles. The van der Waals surface area contributed by atoms with E-state index in [0.29, 0.717) is 25.6 Å².